The van der Waals surface area contributed by atoms with Crippen LogP contribution < -0.4 is 16.0 Å². The van der Waals surface area contributed by atoms with Gasteiger partial charge in [-0.15, -0.1) is 0 Å². The first-order chi connectivity index (χ1) is 34.9. The fraction of sp³-hybridized carbons (Fsp3) is 0.789. The fourth-order valence-electron chi connectivity index (χ4n) is 8.93. The first-order valence-corrected chi connectivity index (χ1v) is 30.2. The molecular formula is C57H101N4O10P. The number of nitrogens with one attached hydrogen (secondary N) is 4. The maximum absolute atomic E-state index is 13.3. The highest BCUT2D eigenvalue weighted by Crippen LogP contribution is 2.43. The second kappa shape index (κ2) is 42.0. The van der Waals surface area contributed by atoms with Crippen LogP contribution >= 0.6 is 7.82 Å². The molecule has 72 heavy (non-hydrogen) atoms. The molecule has 0 fully saturated rings. The van der Waals surface area contributed by atoms with Crippen molar-refractivity contribution in [2.24, 2.45) is 5.92 Å². The quantitative estimate of drug-likeness (QED) is 0.0242. The molecular weight excluding hydrogens is 932 g/mol. The average molecular weight is 1030 g/mol. The van der Waals surface area contributed by atoms with Gasteiger partial charge in [-0.3, -0.25) is 28.2 Å². The van der Waals surface area contributed by atoms with E-state index in [4.69, 9.17) is 18.5 Å². The molecule has 3 amide bonds. The zero-order chi connectivity index (χ0) is 52.5. The van der Waals surface area contributed by atoms with Crippen LogP contribution in [0.5, 0.6) is 0 Å². The molecule has 14 nitrogen and oxygen atoms in total. The van der Waals surface area contributed by atoms with Crippen molar-refractivity contribution in [3.63, 3.8) is 0 Å². The molecule has 1 aromatic carbocycles. The van der Waals surface area contributed by atoms with E-state index in [-0.39, 0.29) is 69.2 Å². The number of aromatic amines is 1. The number of para-hydroxylation sites is 1. The van der Waals surface area contributed by atoms with Crippen LogP contribution in [0, 0.1) is 5.92 Å². The number of amides is 3. The van der Waals surface area contributed by atoms with E-state index in [1.807, 2.05) is 38.1 Å². The van der Waals surface area contributed by atoms with Gasteiger partial charge in [-0.25, -0.2) is 4.57 Å². The average Bonchev–Trinajstić information content (AvgIpc) is 3.77. The molecule has 414 valence electrons. The van der Waals surface area contributed by atoms with Crippen LogP contribution in [0.25, 0.3) is 10.9 Å². The van der Waals surface area contributed by atoms with E-state index in [9.17, 15) is 28.6 Å². The number of esters is 1. The molecule has 5 atom stereocenters. The summed E-state index contributed by atoms with van der Waals surface area (Å²) in [5.74, 6) is -1.27. The van der Waals surface area contributed by atoms with Crippen LogP contribution in [0.1, 0.15) is 233 Å². The number of phosphoric acid groups is 1. The van der Waals surface area contributed by atoms with Gasteiger partial charge in [0.15, 0.2) is 0 Å². The third kappa shape index (κ3) is 32.1. The van der Waals surface area contributed by atoms with E-state index in [2.05, 4.69) is 41.7 Å². The van der Waals surface area contributed by atoms with Crippen molar-refractivity contribution in [3.8, 4) is 0 Å². The Morgan fingerprint density at radius 2 is 1.19 bits per heavy atom. The zero-order valence-corrected chi connectivity index (χ0v) is 46.6. The second-order valence-corrected chi connectivity index (χ2v) is 21.6. The number of benzene rings is 1. The molecule has 15 heteroatoms. The van der Waals surface area contributed by atoms with Gasteiger partial charge in [-0.2, -0.15) is 0 Å². The van der Waals surface area contributed by atoms with Crippen molar-refractivity contribution in [1.29, 1.82) is 0 Å². The molecule has 0 aliphatic heterocycles. The van der Waals surface area contributed by atoms with Gasteiger partial charge in [-0.05, 0) is 43.2 Å². The summed E-state index contributed by atoms with van der Waals surface area (Å²) in [5.41, 5.74) is 1.75. The molecule has 2 rings (SSSR count). The Hall–Kier alpha value is -3.29. The van der Waals surface area contributed by atoms with Gasteiger partial charge in [0, 0.05) is 42.9 Å². The van der Waals surface area contributed by atoms with Crippen molar-refractivity contribution in [2.45, 2.75) is 252 Å². The number of aromatic nitrogens is 1. The summed E-state index contributed by atoms with van der Waals surface area (Å²) in [6.07, 6.45) is 33.2. The first-order valence-electron chi connectivity index (χ1n) is 28.7. The number of H-pyrrole nitrogens is 1. The lowest BCUT2D eigenvalue weighted by atomic mass is 9.98. The number of unbranched alkanes of at least 4 members (excludes halogenated alkanes) is 22. The van der Waals surface area contributed by atoms with Gasteiger partial charge in [0.2, 0.25) is 17.7 Å². The summed E-state index contributed by atoms with van der Waals surface area (Å²) in [7, 11) is -4.62. The number of hydrogen-bond acceptors (Lipinski definition) is 9. The van der Waals surface area contributed by atoms with E-state index in [1.165, 1.54) is 89.9 Å². The second-order valence-electron chi connectivity index (χ2n) is 20.2. The minimum Gasteiger partial charge on any atom is -0.462 e. The number of hydrogen-bond donors (Lipinski definition) is 5. The highest BCUT2D eigenvalue weighted by Gasteiger charge is 2.28. The van der Waals surface area contributed by atoms with Crippen LogP contribution in [0.3, 0.4) is 0 Å². The topological polar surface area (TPSA) is 194 Å². The fourth-order valence-corrected chi connectivity index (χ4v) is 9.69. The van der Waals surface area contributed by atoms with Gasteiger partial charge < -0.3 is 35.3 Å². The summed E-state index contributed by atoms with van der Waals surface area (Å²) >= 11 is 0. The molecule has 2 unspecified atom stereocenters. The van der Waals surface area contributed by atoms with Gasteiger partial charge in [-0.1, -0.05) is 200 Å². The van der Waals surface area contributed by atoms with Crippen molar-refractivity contribution in [1.82, 2.24) is 20.9 Å². The molecule has 0 aliphatic rings. The van der Waals surface area contributed by atoms with Gasteiger partial charge in [0.25, 0.3) is 0 Å². The van der Waals surface area contributed by atoms with Crippen molar-refractivity contribution in [2.75, 3.05) is 33.0 Å². The number of rotatable bonds is 48. The van der Waals surface area contributed by atoms with Gasteiger partial charge in [0.05, 0.1) is 38.9 Å². The molecule has 1 aromatic heterocycles. The maximum atomic E-state index is 13.3. The first kappa shape index (κ1) is 64.8. The van der Waals surface area contributed by atoms with E-state index in [0.717, 1.165) is 93.5 Å². The molecule has 5 N–H and O–H groups in total. The summed E-state index contributed by atoms with van der Waals surface area (Å²) in [6, 6.07) is 6.13. The lowest BCUT2D eigenvalue weighted by Gasteiger charge is -2.24. The number of carbonyl (C=O) groups is 4. The Morgan fingerprint density at radius 3 is 1.79 bits per heavy atom. The lowest BCUT2D eigenvalue weighted by Crippen LogP contribution is -2.51. The van der Waals surface area contributed by atoms with Crippen LogP contribution in [0.15, 0.2) is 30.5 Å². The van der Waals surface area contributed by atoms with Crippen LogP contribution in [-0.4, -0.2) is 84.7 Å². The normalized spacial score (nSPS) is 14.1. The number of phosphoric ester groups is 1. The Labute approximate surface area is 435 Å². The molecule has 0 saturated heterocycles. The summed E-state index contributed by atoms with van der Waals surface area (Å²) in [6.45, 7) is 9.95. The molecule has 0 bridgehead atoms. The summed E-state index contributed by atoms with van der Waals surface area (Å²) < 4.78 is 35.8. The number of carbonyl (C=O) groups excluding carboxylic acids is 4. The van der Waals surface area contributed by atoms with Crippen LogP contribution in [0.4, 0.5) is 0 Å². The Kier molecular flexibility index (Phi) is 37.8. The van der Waals surface area contributed by atoms with Crippen LogP contribution in [0.2, 0.25) is 0 Å². The Balaban J connectivity index is 1.92. The van der Waals surface area contributed by atoms with Crippen molar-refractivity contribution in [3.05, 3.63) is 36.0 Å². The smallest absolute Gasteiger partial charge is 0.462 e. The number of fused-ring (bicyclic) bond motifs is 1. The third-order valence-electron chi connectivity index (χ3n) is 13.6. The highest BCUT2D eigenvalue weighted by atomic mass is 31.2. The van der Waals surface area contributed by atoms with Crippen molar-refractivity contribution >= 4 is 42.4 Å². The monoisotopic (exact) mass is 1030 g/mol. The van der Waals surface area contributed by atoms with E-state index >= 15 is 0 Å². The zero-order valence-electron chi connectivity index (χ0n) is 45.7. The molecule has 2 aromatic rings. The van der Waals surface area contributed by atoms with E-state index < -0.39 is 25.8 Å². The summed E-state index contributed by atoms with van der Waals surface area (Å²) in [5, 5.41) is 9.48. The minimum absolute atomic E-state index is 0.0126. The predicted molar refractivity (Wildman–Crippen MR) is 292 cm³/mol. The number of ether oxygens (including phenoxy) is 2. The van der Waals surface area contributed by atoms with Crippen LogP contribution in [-0.2, 0) is 48.7 Å². The highest BCUT2D eigenvalue weighted by molar-refractivity contribution is 7.47. The maximum Gasteiger partial charge on any atom is 0.472 e. The molecule has 0 radical (unpaired) electrons. The summed E-state index contributed by atoms with van der Waals surface area (Å²) in [4.78, 5) is 66.4. The molecule has 0 aliphatic carbocycles. The standard InChI is InChI=1S/C57H101N4O10P/c1-6-10-13-16-18-20-21-23-24-27-30-37-53(62)60-49(45-68-41-39-50(34-29-26-15-12-8-3)71-55(64)38-31-28-25-22-19-17-14-11-7-2)46-70-72(66,67)69-42-40-58-57(65)56(47(5)9-4)61-54(63)43-48-44-59-52-36-33-32-35-51(48)52/h32-33,35-36,44,47,49-50,56,59H,6-31,34,37-43,45-46H2,1-5H3,(H,58,65)(H,60,62)(H,61,63)(H,66,67)/t47-,49+,50?,56-/m0/s1. The Morgan fingerprint density at radius 1 is 0.639 bits per heavy atom. The van der Waals surface area contributed by atoms with Gasteiger partial charge >= 0.3 is 13.8 Å². The van der Waals surface area contributed by atoms with Gasteiger partial charge in [0.1, 0.15) is 12.1 Å². The molecule has 0 spiro atoms. The Bertz CT molecular complexity index is 1760. The van der Waals surface area contributed by atoms with Crippen molar-refractivity contribution < 1.29 is 47.2 Å². The van der Waals surface area contributed by atoms with E-state index in [0.29, 0.717) is 25.7 Å². The SMILES string of the molecule is CCCCCCCCCCCCCC(=O)N[C@H](COCCC(CCCCCCC)OC(=O)CCCCCCCCCCC)COP(=O)(O)OCCNC(=O)[C@@H](NC(=O)Cc1c[nH]c2ccccc12)[C@@H](C)CC. The predicted octanol–water partition coefficient (Wildman–Crippen LogP) is 13.3. The van der Waals surface area contributed by atoms with E-state index in [1.54, 1.807) is 6.20 Å². The largest absolute Gasteiger partial charge is 0.472 e. The third-order valence-corrected chi connectivity index (χ3v) is 14.6. The molecule has 1 heterocycles. The lowest BCUT2D eigenvalue weighted by molar-refractivity contribution is -0.150. The molecule has 0 saturated carbocycles. The minimum atomic E-state index is -4.62.